The molecule has 0 radical (unpaired) electrons. The summed E-state index contributed by atoms with van der Waals surface area (Å²) in [6.07, 6.45) is 7.33. The molecule has 7 heteroatoms. The number of carbonyl (C=O) groups excluding carboxylic acids is 1. The van der Waals surface area contributed by atoms with E-state index >= 15 is 0 Å². The number of hydrogen-bond acceptors (Lipinski definition) is 5. The van der Waals surface area contributed by atoms with Crippen molar-refractivity contribution in [3.05, 3.63) is 65.9 Å². The Labute approximate surface area is 151 Å². The van der Waals surface area contributed by atoms with Crippen LogP contribution in [0.1, 0.15) is 28.0 Å². The van der Waals surface area contributed by atoms with Crippen LogP contribution in [0.4, 0.5) is 5.69 Å². The highest BCUT2D eigenvalue weighted by atomic mass is 16.1. The van der Waals surface area contributed by atoms with Crippen LogP contribution < -0.4 is 10.2 Å². The number of fused-ring (bicyclic) bond motifs is 1. The van der Waals surface area contributed by atoms with Gasteiger partial charge in [-0.2, -0.15) is 0 Å². The summed E-state index contributed by atoms with van der Waals surface area (Å²) in [5.41, 5.74) is 4.02. The first-order valence-electron chi connectivity index (χ1n) is 8.64. The fourth-order valence-corrected chi connectivity index (χ4v) is 3.20. The topological polar surface area (TPSA) is 75.9 Å². The van der Waals surface area contributed by atoms with Gasteiger partial charge in [-0.15, -0.1) is 10.2 Å². The van der Waals surface area contributed by atoms with Crippen molar-refractivity contribution in [3.63, 3.8) is 0 Å². The van der Waals surface area contributed by atoms with Crippen LogP contribution in [0.25, 0.3) is 5.82 Å². The number of aryl methyl sites for hydroxylation is 1. The van der Waals surface area contributed by atoms with Crippen LogP contribution in [0.3, 0.4) is 0 Å². The van der Waals surface area contributed by atoms with Gasteiger partial charge in [0.25, 0.3) is 5.91 Å². The summed E-state index contributed by atoms with van der Waals surface area (Å²) in [6.45, 7) is 1.57. The van der Waals surface area contributed by atoms with Gasteiger partial charge in [-0.1, -0.05) is 12.1 Å². The molecule has 132 valence electrons. The maximum atomic E-state index is 12.3. The van der Waals surface area contributed by atoms with E-state index in [0.717, 1.165) is 24.9 Å². The van der Waals surface area contributed by atoms with Crippen LogP contribution in [0.15, 0.2) is 49.1 Å². The second kappa shape index (κ2) is 6.95. The van der Waals surface area contributed by atoms with Gasteiger partial charge >= 0.3 is 0 Å². The molecule has 1 aliphatic rings. The highest BCUT2D eigenvalue weighted by Crippen LogP contribution is 2.26. The summed E-state index contributed by atoms with van der Waals surface area (Å²) in [4.78, 5) is 18.6. The Hall–Kier alpha value is -3.22. The predicted octanol–water partition coefficient (Wildman–Crippen LogP) is 1.97. The highest BCUT2D eigenvalue weighted by molar-refractivity contribution is 5.92. The first-order valence-corrected chi connectivity index (χ1v) is 8.64. The van der Waals surface area contributed by atoms with E-state index in [0.29, 0.717) is 18.1 Å². The number of nitrogens with zero attached hydrogens (tertiary/aromatic N) is 5. The van der Waals surface area contributed by atoms with E-state index in [-0.39, 0.29) is 5.91 Å². The number of hydrogen-bond donors (Lipinski definition) is 1. The summed E-state index contributed by atoms with van der Waals surface area (Å²) < 4.78 is 1.73. The maximum Gasteiger partial charge on any atom is 0.272 e. The lowest BCUT2D eigenvalue weighted by Crippen LogP contribution is -2.26. The van der Waals surface area contributed by atoms with Crippen molar-refractivity contribution in [1.82, 2.24) is 25.1 Å². The second-order valence-electron chi connectivity index (χ2n) is 6.42. The minimum absolute atomic E-state index is 0.232. The minimum Gasteiger partial charge on any atom is -0.374 e. The Balaban J connectivity index is 1.41. The van der Waals surface area contributed by atoms with Crippen LogP contribution >= 0.6 is 0 Å². The van der Waals surface area contributed by atoms with Gasteiger partial charge in [0.05, 0.1) is 0 Å². The quantitative estimate of drug-likeness (QED) is 0.780. The number of anilines is 1. The lowest BCUT2D eigenvalue weighted by atomic mass is 9.99. The molecule has 0 saturated carbocycles. The van der Waals surface area contributed by atoms with Gasteiger partial charge < -0.3 is 10.2 Å². The van der Waals surface area contributed by atoms with Crippen molar-refractivity contribution in [2.24, 2.45) is 0 Å². The maximum absolute atomic E-state index is 12.3. The molecule has 1 aromatic carbocycles. The van der Waals surface area contributed by atoms with Crippen molar-refractivity contribution < 1.29 is 4.79 Å². The van der Waals surface area contributed by atoms with Crippen LogP contribution in [-0.4, -0.2) is 39.2 Å². The van der Waals surface area contributed by atoms with Gasteiger partial charge in [0.1, 0.15) is 6.33 Å². The SMILES string of the molecule is CN1CCCc2cc(CNC(=O)c3ccc(-n4ccnc4)nn3)ccc21. The summed E-state index contributed by atoms with van der Waals surface area (Å²) in [7, 11) is 2.12. The average molecular weight is 348 g/mol. The molecular formula is C19H20N6O. The van der Waals surface area contributed by atoms with Crippen LogP contribution in [0.2, 0.25) is 0 Å². The number of amides is 1. The number of benzene rings is 1. The van der Waals surface area contributed by atoms with E-state index in [2.05, 4.69) is 50.6 Å². The molecule has 1 aliphatic heterocycles. The van der Waals surface area contributed by atoms with E-state index in [1.165, 1.54) is 11.3 Å². The molecule has 0 atom stereocenters. The van der Waals surface area contributed by atoms with E-state index in [1.807, 2.05) is 0 Å². The van der Waals surface area contributed by atoms with Gasteiger partial charge in [0, 0.05) is 38.2 Å². The van der Waals surface area contributed by atoms with Crippen LogP contribution in [-0.2, 0) is 13.0 Å². The van der Waals surface area contributed by atoms with Crippen molar-refractivity contribution in [2.75, 3.05) is 18.5 Å². The number of rotatable bonds is 4. The van der Waals surface area contributed by atoms with E-state index in [1.54, 1.807) is 35.4 Å². The normalized spacial score (nSPS) is 13.3. The molecule has 4 rings (SSSR count). The summed E-state index contributed by atoms with van der Waals surface area (Å²) in [6, 6.07) is 9.79. The predicted molar refractivity (Wildman–Crippen MR) is 98.4 cm³/mol. The molecule has 1 N–H and O–H groups in total. The lowest BCUT2D eigenvalue weighted by molar-refractivity contribution is 0.0945. The number of imidazole rings is 1. The van der Waals surface area contributed by atoms with E-state index < -0.39 is 0 Å². The molecule has 0 unspecified atom stereocenters. The van der Waals surface area contributed by atoms with Gasteiger partial charge in [-0.05, 0) is 42.2 Å². The second-order valence-corrected chi connectivity index (χ2v) is 6.42. The monoisotopic (exact) mass is 348 g/mol. The minimum atomic E-state index is -0.232. The summed E-state index contributed by atoms with van der Waals surface area (Å²) in [5.74, 6) is 0.391. The molecule has 0 spiro atoms. The van der Waals surface area contributed by atoms with Crippen molar-refractivity contribution in [3.8, 4) is 5.82 Å². The molecular weight excluding hydrogens is 328 g/mol. The van der Waals surface area contributed by atoms with Crippen LogP contribution in [0, 0.1) is 0 Å². The third kappa shape index (κ3) is 3.28. The van der Waals surface area contributed by atoms with Crippen molar-refractivity contribution in [1.29, 1.82) is 0 Å². The molecule has 1 amide bonds. The standard InChI is InChI=1S/C19H20N6O/c1-24-9-2-3-15-11-14(4-6-17(15)24)12-21-19(26)16-5-7-18(23-22-16)25-10-8-20-13-25/h4-8,10-11,13H,2-3,9,12H2,1H3,(H,21,26). The first-order chi connectivity index (χ1) is 12.7. The molecule has 2 aromatic heterocycles. The largest absolute Gasteiger partial charge is 0.374 e. The third-order valence-electron chi connectivity index (χ3n) is 4.60. The lowest BCUT2D eigenvalue weighted by Gasteiger charge is -2.27. The third-order valence-corrected chi connectivity index (χ3v) is 4.60. The van der Waals surface area contributed by atoms with E-state index in [9.17, 15) is 4.79 Å². The van der Waals surface area contributed by atoms with Crippen molar-refractivity contribution in [2.45, 2.75) is 19.4 Å². The molecule has 0 bridgehead atoms. The Bertz CT molecular complexity index is 904. The van der Waals surface area contributed by atoms with Gasteiger partial charge in [0.2, 0.25) is 0 Å². The molecule has 3 aromatic rings. The molecule has 0 saturated heterocycles. The zero-order valence-corrected chi connectivity index (χ0v) is 14.6. The number of carbonyl (C=O) groups is 1. The fourth-order valence-electron chi connectivity index (χ4n) is 3.20. The molecule has 26 heavy (non-hydrogen) atoms. The molecule has 0 fully saturated rings. The Morgan fingerprint density at radius 3 is 2.92 bits per heavy atom. The molecule has 0 aliphatic carbocycles. The summed E-state index contributed by atoms with van der Waals surface area (Å²) >= 11 is 0. The van der Waals surface area contributed by atoms with E-state index in [4.69, 9.17) is 0 Å². The molecule has 3 heterocycles. The zero-order chi connectivity index (χ0) is 17.9. The van der Waals surface area contributed by atoms with Crippen LogP contribution in [0.5, 0.6) is 0 Å². The van der Waals surface area contributed by atoms with Gasteiger partial charge in [-0.3, -0.25) is 9.36 Å². The van der Waals surface area contributed by atoms with Gasteiger partial charge in [-0.25, -0.2) is 4.98 Å². The number of nitrogens with one attached hydrogen (secondary N) is 1. The first kappa shape index (κ1) is 16.3. The Kier molecular flexibility index (Phi) is 4.35. The average Bonchev–Trinajstić information content (AvgIpc) is 3.21. The number of aromatic nitrogens is 4. The Morgan fingerprint density at radius 2 is 2.15 bits per heavy atom. The Morgan fingerprint density at radius 1 is 1.23 bits per heavy atom. The zero-order valence-electron chi connectivity index (χ0n) is 14.6. The van der Waals surface area contributed by atoms with Gasteiger partial charge in [0.15, 0.2) is 11.5 Å². The molecule has 7 nitrogen and oxygen atoms in total. The smallest absolute Gasteiger partial charge is 0.272 e. The van der Waals surface area contributed by atoms with Crippen molar-refractivity contribution >= 4 is 11.6 Å². The summed E-state index contributed by atoms with van der Waals surface area (Å²) in [5, 5.41) is 11.0. The fraction of sp³-hybridized carbons (Fsp3) is 0.263. The highest BCUT2D eigenvalue weighted by Gasteiger charge is 2.14.